The van der Waals surface area contributed by atoms with Crippen LogP contribution in [0.25, 0.3) is 22.0 Å². The number of aromatic nitrogens is 3. The molecule has 2 heterocycles. The zero-order valence-electron chi connectivity index (χ0n) is 16.2. The molecule has 6 nitrogen and oxygen atoms in total. The second-order valence-electron chi connectivity index (χ2n) is 6.74. The van der Waals surface area contributed by atoms with Crippen molar-refractivity contribution in [1.29, 1.82) is 0 Å². The van der Waals surface area contributed by atoms with Crippen molar-refractivity contribution in [3.63, 3.8) is 0 Å². The van der Waals surface area contributed by atoms with E-state index in [1.54, 1.807) is 12.1 Å². The highest BCUT2D eigenvalue weighted by Gasteiger charge is 2.30. The molecule has 0 bridgehead atoms. The lowest BCUT2D eigenvalue weighted by molar-refractivity contribution is -0.137. The van der Waals surface area contributed by atoms with Gasteiger partial charge in [-0.2, -0.15) is 13.2 Å². The Kier molecular flexibility index (Phi) is 5.75. The van der Waals surface area contributed by atoms with Crippen LogP contribution in [-0.2, 0) is 24.1 Å². The smallest absolute Gasteiger partial charge is 0.371 e. The van der Waals surface area contributed by atoms with Crippen molar-refractivity contribution in [2.45, 2.75) is 26.3 Å². The van der Waals surface area contributed by atoms with Gasteiger partial charge in [0.15, 0.2) is 5.82 Å². The minimum atomic E-state index is -4.36. The Labute approximate surface area is 178 Å². The number of rotatable bonds is 6. The predicted octanol–water partition coefficient (Wildman–Crippen LogP) is 5.20. The fourth-order valence-corrected chi connectivity index (χ4v) is 3.87. The van der Waals surface area contributed by atoms with Crippen LogP contribution in [0.15, 0.2) is 57.8 Å². The van der Waals surface area contributed by atoms with Crippen molar-refractivity contribution in [3.8, 4) is 22.0 Å². The van der Waals surface area contributed by atoms with Crippen LogP contribution in [0.3, 0.4) is 0 Å². The zero-order valence-corrected chi connectivity index (χ0v) is 17.0. The molecule has 4 rings (SSSR count). The summed E-state index contributed by atoms with van der Waals surface area (Å²) in [5.74, 6) is -0.258. The van der Waals surface area contributed by atoms with E-state index in [0.29, 0.717) is 35.2 Å². The maximum atomic E-state index is 12.7. The molecule has 0 saturated carbocycles. The molecule has 0 radical (unpaired) electrons. The number of halogens is 3. The normalized spacial score (nSPS) is 11.7. The van der Waals surface area contributed by atoms with E-state index in [2.05, 4.69) is 19.6 Å². The van der Waals surface area contributed by atoms with E-state index in [4.69, 9.17) is 4.74 Å². The molecule has 0 aliphatic carbocycles. The first-order chi connectivity index (χ1) is 14.8. The minimum Gasteiger partial charge on any atom is -0.371 e. The largest absolute Gasteiger partial charge is 0.439 e. The van der Waals surface area contributed by atoms with Crippen molar-refractivity contribution in [1.82, 2.24) is 15.1 Å². The number of ether oxygens (including phenoxy) is 1. The molecule has 31 heavy (non-hydrogen) atoms. The van der Waals surface area contributed by atoms with Crippen LogP contribution >= 0.6 is 11.3 Å². The van der Waals surface area contributed by atoms with Gasteiger partial charge in [0.1, 0.15) is 5.01 Å². The topological polar surface area (TPSA) is 81.0 Å². The first-order valence-electron chi connectivity index (χ1n) is 9.16. The average molecular weight is 447 g/mol. The van der Waals surface area contributed by atoms with Crippen molar-refractivity contribution in [2.75, 3.05) is 0 Å². The van der Waals surface area contributed by atoms with Gasteiger partial charge in [-0.3, -0.25) is 9.51 Å². The molecule has 4 aromatic rings. The lowest BCUT2D eigenvalue weighted by Gasteiger charge is -2.06. The highest BCUT2D eigenvalue weighted by Crippen LogP contribution is 2.33. The van der Waals surface area contributed by atoms with E-state index < -0.39 is 17.5 Å². The lowest BCUT2D eigenvalue weighted by Crippen LogP contribution is -2.03. The first-order valence-corrected chi connectivity index (χ1v) is 9.98. The van der Waals surface area contributed by atoms with Crippen LogP contribution in [0.4, 0.5) is 13.2 Å². The summed E-state index contributed by atoms with van der Waals surface area (Å²) in [4.78, 5) is 18.9. The van der Waals surface area contributed by atoms with E-state index in [9.17, 15) is 18.0 Å². The van der Waals surface area contributed by atoms with E-state index in [0.717, 1.165) is 28.3 Å². The number of H-pyrrole nitrogens is 1. The molecular weight excluding hydrogens is 431 g/mol. The van der Waals surface area contributed by atoms with Crippen molar-refractivity contribution in [2.24, 2.45) is 0 Å². The second-order valence-corrected chi connectivity index (χ2v) is 7.82. The molecule has 1 N–H and O–H groups in total. The van der Waals surface area contributed by atoms with Crippen LogP contribution in [0, 0.1) is 6.92 Å². The zero-order chi connectivity index (χ0) is 22.0. The Bertz CT molecular complexity index is 1230. The third kappa shape index (κ3) is 4.92. The molecule has 2 aromatic carbocycles. The van der Waals surface area contributed by atoms with E-state index >= 15 is 0 Å². The Morgan fingerprint density at radius 1 is 1.03 bits per heavy atom. The van der Waals surface area contributed by atoms with Gasteiger partial charge >= 0.3 is 11.9 Å². The van der Waals surface area contributed by atoms with Gasteiger partial charge in [-0.05, 0) is 24.6 Å². The number of nitrogens with zero attached hydrogens (tertiary/aromatic N) is 2. The molecule has 0 aliphatic rings. The van der Waals surface area contributed by atoms with Crippen LogP contribution in [0.5, 0.6) is 0 Å². The summed E-state index contributed by atoms with van der Waals surface area (Å²) in [5.41, 5.74) is 2.38. The van der Waals surface area contributed by atoms with Crippen LogP contribution in [0.2, 0.25) is 0 Å². The van der Waals surface area contributed by atoms with Crippen molar-refractivity contribution < 1.29 is 22.4 Å². The average Bonchev–Trinajstić information content (AvgIpc) is 3.34. The number of benzene rings is 2. The number of nitrogens with one attached hydrogen (secondary N) is 1. The van der Waals surface area contributed by atoms with Gasteiger partial charge in [-0.15, -0.1) is 11.3 Å². The SMILES string of the molecule is Cc1nc(-c2ccc(C(F)(F)F)cc2)sc1COCc1ccc(-c2noc(=O)[nH]2)cc1. The molecule has 0 saturated heterocycles. The van der Waals surface area contributed by atoms with Gasteiger partial charge in [-0.25, -0.2) is 9.78 Å². The van der Waals surface area contributed by atoms with E-state index in [1.807, 2.05) is 19.1 Å². The monoisotopic (exact) mass is 447 g/mol. The van der Waals surface area contributed by atoms with Crippen LogP contribution < -0.4 is 5.76 Å². The summed E-state index contributed by atoms with van der Waals surface area (Å²) in [7, 11) is 0. The molecule has 0 unspecified atom stereocenters. The lowest BCUT2D eigenvalue weighted by atomic mass is 10.1. The maximum Gasteiger partial charge on any atom is 0.439 e. The third-order valence-electron chi connectivity index (χ3n) is 4.52. The van der Waals surface area contributed by atoms with E-state index in [1.165, 1.54) is 23.5 Å². The Morgan fingerprint density at radius 3 is 2.32 bits per heavy atom. The van der Waals surface area contributed by atoms with Gasteiger partial charge in [0, 0.05) is 11.1 Å². The maximum absolute atomic E-state index is 12.7. The molecule has 0 spiro atoms. The van der Waals surface area contributed by atoms with Crippen molar-refractivity contribution >= 4 is 11.3 Å². The van der Waals surface area contributed by atoms with Crippen molar-refractivity contribution in [3.05, 3.63) is 80.8 Å². The summed E-state index contributed by atoms with van der Waals surface area (Å²) < 4.78 is 48.5. The number of aryl methyl sites for hydroxylation is 1. The number of aromatic amines is 1. The quantitative estimate of drug-likeness (QED) is 0.440. The minimum absolute atomic E-state index is 0.336. The molecule has 0 aliphatic heterocycles. The summed E-state index contributed by atoms with van der Waals surface area (Å²) in [6, 6.07) is 12.3. The van der Waals surface area contributed by atoms with Crippen LogP contribution in [-0.4, -0.2) is 15.1 Å². The summed E-state index contributed by atoms with van der Waals surface area (Å²) in [6.07, 6.45) is -4.36. The standard InChI is InChI=1S/C21H16F3N3O3S/c1-12-17(31-19(25-12)15-6-8-16(9-7-15)21(22,23)24)11-29-10-13-2-4-14(5-3-13)18-26-20(28)30-27-18/h2-9H,10-11H2,1H3,(H,26,27,28). The first kappa shape index (κ1) is 21.0. The Balaban J connectivity index is 1.37. The van der Waals surface area contributed by atoms with Gasteiger partial charge in [-0.1, -0.05) is 41.6 Å². The van der Waals surface area contributed by atoms with Crippen LogP contribution in [0.1, 0.15) is 21.7 Å². The molecule has 160 valence electrons. The highest BCUT2D eigenvalue weighted by molar-refractivity contribution is 7.15. The molecule has 2 aromatic heterocycles. The van der Waals surface area contributed by atoms with Gasteiger partial charge in [0.05, 0.1) is 29.3 Å². The van der Waals surface area contributed by atoms with Gasteiger partial charge in [0.2, 0.25) is 0 Å². The second kappa shape index (κ2) is 8.48. The van der Waals surface area contributed by atoms with Gasteiger partial charge in [0.25, 0.3) is 0 Å². The predicted molar refractivity (Wildman–Crippen MR) is 108 cm³/mol. The summed E-state index contributed by atoms with van der Waals surface area (Å²) in [6.45, 7) is 2.54. The third-order valence-corrected chi connectivity index (χ3v) is 5.70. The number of hydrogen-bond acceptors (Lipinski definition) is 6. The molecular formula is C21H16F3N3O3S. The number of alkyl halides is 3. The van der Waals surface area contributed by atoms with Gasteiger partial charge < -0.3 is 4.74 Å². The molecule has 0 amide bonds. The van der Waals surface area contributed by atoms with E-state index in [-0.39, 0.29) is 0 Å². The fourth-order valence-electron chi connectivity index (χ4n) is 2.86. The molecule has 0 atom stereocenters. The summed E-state index contributed by atoms with van der Waals surface area (Å²) in [5, 5.41) is 4.28. The molecule has 10 heteroatoms. The number of thiazole rings is 1. The summed E-state index contributed by atoms with van der Waals surface area (Å²) >= 11 is 1.39. The fraction of sp³-hybridized carbons (Fsp3) is 0.190. The Hall–Kier alpha value is -3.24. The highest BCUT2D eigenvalue weighted by atomic mass is 32.1. The Morgan fingerprint density at radius 2 is 1.71 bits per heavy atom. The number of hydrogen-bond donors (Lipinski definition) is 1. The molecule has 0 fully saturated rings.